The van der Waals surface area contributed by atoms with E-state index < -0.39 is 0 Å². The van der Waals surface area contributed by atoms with E-state index in [1.807, 2.05) is 0 Å². The number of hydrogen-bond donors (Lipinski definition) is 0. The average molecular weight is 515 g/mol. The number of ether oxygens (including phenoxy) is 3. The van der Waals surface area contributed by atoms with E-state index in [-0.39, 0.29) is 0 Å². The van der Waals surface area contributed by atoms with Crippen molar-refractivity contribution in [2.45, 2.75) is 112 Å². The maximum absolute atomic E-state index is 5.94. The minimum Gasteiger partial charge on any atom is -0.494 e. The Morgan fingerprint density at radius 2 is 1.35 bits per heavy atom. The van der Waals surface area contributed by atoms with E-state index in [1.54, 1.807) is 0 Å². The van der Waals surface area contributed by atoms with Gasteiger partial charge in [0.05, 0.1) is 19.8 Å². The quantitative estimate of drug-likeness (QED) is 0.107. The lowest BCUT2D eigenvalue weighted by atomic mass is 9.91. The molecule has 0 unspecified atom stereocenters. The summed E-state index contributed by atoms with van der Waals surface area (Å²) < 4.78 is 17.3. The van der Waals surface area contributed by atoms with Gasteiger partial charge in [-0.15, -0.1) is 0 Å². The Morgan fingerprint density at radius 3 is 1.97 bits per heavy atom. The van der Waals surface area contributed by atoms with Crippen LogP contribution in [0.5, 0.6) is 5.75 Å². The van der Waals surface area contributed by atoms with Crippen molar-refractivity contribution in [3.05, 3.63) is 54.1 Å². The Kier molecular flexibility index (Phi) is 18.4. The number of unbranched alkanes of at least 4 members (excludes halogenated alkanes) is 5. The molecular weight excluding hydrogens is 456 g/mol. The first-order valence-corrected chi connectivity index (χ1v) is 14.9. The van der Waals surface area contributed by atoms with Crippen molar-refractivity contribution in [2.75, 3.05) is 33.0 Å². The van der Waals surface area contributed by atoms with Crippen molar-refractivity contribution in [3.8, 4) is 5.75 Å². The van der Waals surface area contributed by atoms with Crippen LogP contribution < -0.4 is 4.74 Å². The molecule has 0 aliphatic heterocycles. The van der Waals surface area contributed by atoms with Gasteiger partial charge in [0, 0.05) is 13.2 Å². The van der Waals surface area contributed by atoms with Crippen LogP contribution in [0.15, 0.2) is 48.6 Å². The summed E-state index contributed by atoms with van der Waals surface area (Å²) in [5.41, 5.74) is 4.35. The van der Waals surface area contributed by atoms with E-state index in [2.05, 4.69) is 72.0 Å². The van der Waals surface area contributed by atoms with Gasteiger partial charge in [0.25, 0.3) is 0 Å². The summed E-state index contributed by atoms with van der Waals surface area (Å²) >= 11 is 0. The summed E-state index contributed by atoms with van der Waals surface area (Å²) in [6.07, 6.45) is 14.1. The molecule has 1 rings (SSSR count). The number of hydrogen-bond acceptors (Lipinski definition) is 3. The fourth-order valence-corrected chi connectivity index (χ4v) is 4.30. The maximum atomic E-state index is 5.94. The Morgan fingerprint density at radius 1 is 0.757 bits per heavy atom. The van der Waals surface area contributed by atoms with Gasteiger partial charge in [0.1, 0.15) is 5.75 Å². The summed E-state index contributed by atoms with van der Waals surface area (Å²) in [7, 11) is 0. The van der Waals surface area contributed by atoms with Crippen molar-refractivity contribution in [1.29, 1.82) is 0 Å². The highest BCUT2D eigenvalue weighted by molar-refractivity contribution is 5.28. The summed E-state index contributed by atoms with van der Waals surface area (Å²) in [6.45, 7) is 23.3. The fourth-order valence-electron chi connectivity index (χ4n) is 4.30. The summed E-state index contributed by atoms with van der Waals surface area (Å²) in [4.78, 5) is 0. The molecule has 0 radical (unpaired) electrons. The monoisotopic (exact) mass is 514 g/mol. The van der Waals surface area contributed by atoms with Gasteiger partial charge in [-0.3, -0.25) is 0 Å². The normalized spacial score (nSPS) is 12.5. The lowest BCUT2D eigenvalue weighted by Gasteiger charge is -2.17. The zero-order valence-corrected chi connectivity index (χ0v) is 25.0. The van der Waals surface area contributed by atoms with Crippen LogP contribution in [0, 0.1) is 11.3 Å². The average Bonchev–Trinajstić information content (AvgIpc) is 2.85. The van der Waals surface area contributed by atoms with E-state index in [0.29, 0.717) is 24.5 Å². The van der Waals surface area contributed by atoms with Crippen molar-refractivity contribution < 1.29 is 14.2 Å². The third-order valence-electron chi connectivity index (χ3n) is 6.98. The van der Waals surface area contributed by atoms with Gasteiger partial charge in [-0.05, 0) is 87.3 Å². The van der Waals surface area contributed by atoms with Crippen LogP contribution in [-0.2, 0) is 15.9 Å². The molecule has 0 fully saturated rings. The number of rotatable bonds is 23. The minimum absolute atomic E-state index is 0.341. The molecule has 212 valence electrons. The number of benzene rings is 1. The lowest BCUT2D eigenvalue weighted by Crippen LogP contribution is -2.12. The second-order valence-corrected chi connectivity index (χ2v) is 11.9. The molecule has 3 nitrogen and oxygen atoms in total. The zero-order valence-electron chi connectivity index (χ0n) is 25.0. The Bertz CT molecular complexity index is 714. The molecule has 0 saturated carbocycles. The van der Waals surface area contributed by atoms with Crippen molar-refractivity contribution in [1.82, 2.24) is 0 Å². The van der Waals surface area contributed by atoms with Crippen molar-refractivity contribution in [2.24, 2.45) is 11.3 Å². The Balaban J connectivity index is 1.91. The van der Waals surface area contributed by atoms with Gasteiger partial charge in [0.2, 0.25) is 0 Å². The zero-order chi connectivity index (χ0) is 27.4. The van der Waals surface area contributed by atoms with Gasteiger partial charge in [0.15, 0.2) is 0 Å². The van der Waals surface area contributed by atoms with Gasteiger partial charge in [-0.1, -0.05) is 89.8 Å². The minimum atomic E-state index is 0.341. The largest absolute Gasteiger partial charge is 0.494 e. The highest BCUT2D eigenvalue weighted by Crippen LogP contribution is 2.21. The van der Waals surface area contributed by atoms with Gasteiger partial charge in [-0.25, -0.2) is 0 Å². The summed E-state index contributed by atoms with van der Waals surface area (Å²) in [5, 5.41) is 0. The predicted molar refractivity (Wildman–Crippen MR) is 161 cm³/mol. The molecule has 0 aliphatic rings. The molecule has 1 aromatic carbocycles. The Hall–Kier alpha value is -1.58. The smallest absolute Gasteiger partial charge is 0.119 e. The lowest BCUT2D eigenvalue weighted by molar-refractivity contribution is 0.0381. The third-order valence-corrected chi connectivity index (χ3v) is 6.98. The van der Waals surface area contributed by atoms with Crippen LogP contribution in [0.3, 0.4) is 0 Å². The molecule has 0 heterocycles. The Labute approximate surface area is 230 Å². The van der Waals surface area contributed by atoms with Gasteiger partial charge >= 0.3 is 0 Å². The first kappa shape index (κ1) is 33.4. The van der Waals surface area contributed by atoms with E-state index in [4.69, 9.17) is 14.2 Å². The molecule has 0 aromatic heterocycles. The number of allylic oxidation sites excluding steroid dienone is 2. The fraction of sp³-hybridized carbons (Fsp3) is 0.706. The van der Waals surface area contributed by atoms with Crippen LogP contribution >= 0.6 is 0 Å². The second-order valence-electron chi connectivity index (χ2n) is 11.9. The molecule has 0 N–H and O–H groups in total. The van der Waals surface area contributed by atoms with E-state index >= 15 is 0 Å². The van der Waals surface area contributed by atoms with Crippen LogP contribution in [-0.4, -0.2) is 33.0 Å². The van der Waals surface area contributed by atoms with Gasteiger partial charge in [-0.2, -0.15) is 0 Å². The SMILES string of the molecule is C=C(CCCCCCCCOc1ccc(C[C@H](CC)C(=C)C)cc1)CCCOCCOCCC(C)(C)C. The highest BCUT2D eigenvalue weighted by Gasteiger charge is 2.09. The molecular formula is C34H58O3. The molecule has 0 saturated heterocycles. The van der Waals surface area contributed by atoms with Crippen LogP contribution in [0.2, 0.25) is 0 Å². The van der Waals surface area contributed by atoms with Gasteiger partial charge < -0.3 is 14.2 Å². The molecule has 0 aliphatic carbocycles. The molecule has 1 aromatic rings. The molecule has 0 amide bonds. The van der Waals surface area contributed by atoms with E-state index in [9.17, 15) is 0 Å². The molecule has 0 bridgehead atoms. The molecule has 37 heavy (non-hydrogen) atoms. The second kappa shape index (κ2) is 20.4. The third kappa shape index (κ3) is 19.2. The summed E-state index contributed by atoms with van der Waals surface area (Å²) in [5.74, 6) is 1.56. The van der Waals surface area contributed by atoms with Crippen LogP contribution in [0.25, 0.3) is 0 Å². The van der Waals surface area contributed by atoms with E-state index in [1.165, 1.54) is 48.8 Å². The molecule has 1 atom stereocenters. The maximum Gasteiger partial charge on any atom is 0.119 e. The topological polar surface area (TPSA) is 27.7 Å². The predicted octanol–water partition coefficient (Wildman–Crippen LogP) is 9.75. The van der Waals surface area contributed by atoms with Crippen LogP contribution in [0.4, 0.5) is 0 Å². The van der Waals surface area contributed by atoms with Crippen LogP contribution in [0.1, 0.15) is 111 Å². The van der Waals surface area contributed by atoms with Crippen molar-refractivity contribution in [3.63, 3.8) is 0 Å². The standard InChI is InChI=1S/C34H58O3/c1-8-32(29(2)3)28-31-18-20-33(21-19-31)37-24-14-12-10-9-11-13-16-30(4)17-15-23-35-26-27-36-25-22-34(5,6)7/h18-21,32H,2,4,8-17,22-28H2,1,3,5-7H3/t32-/m0/s1. The molecule has 0 spiro atoms. The first-order valence-electron chi connectivity index (χ1n) is 14.9. The summed E-state index contributed by atoms with van der Waals surface area (Å²) in [6, 6.07) is 8.63. The first-order chi connectivity index (χ1) is 17.7. The molecule has 3 heteroatoms. The highest BCUT2D eigenvalue weighted by atomic mass is 16.5. The van der Waals surface area contributed by atoms with Crippen molar-refractivity contribution >= 4 is 0 Å². The van der Waals surface area contributed by atoms with E-state index in [0.717, 1.165) is 70.5 Å².